The summed E-state index contributed by atoms with van der Waals surface area (Å²) in [5, 5.41) is 2.99. The van der Waals surface area contributed by atoms with E-state index in [1.54, 1.807) is 4.90 Å². The van der Waals surface area contributed by atoms with E-state index in [9.17, 15) is 4.79 Å². The fraction of sp³-hybridized carbons (Fsp3) is 0.909. The summed E-state index contributed by atoms with van der Waals surface area (Å²) >= 11 is 1.81. The van der Waals surface area contributed by atoms with Crippen molar-refractivity contribution in [1.29, 1.82) is 0 Å². The largest absolute Gasteiger partial charge is 0.379 e. The fourth-order valence-electron chi connectivity index (χ4n) is 1.61. The molecule has 1 heterocycles. The van der Waals surface area contributed by atoms with Crippen LogP contribution < -0.4 is 5.32 Å². The van der Waals surface area contributed by atoms with Crippen LogP contribution in [0.3, 0.4) is 0 Å². The first-order chi connectivity index (χ1) is 7.65. The molecule has 0 saturated carbocycles. The van der Waals surface area contributed by atoms with Gasteiger partial charge in [-0.1, -0.05) is 0 Å². The molecule has 2 atom stereocenters. The Labute approximate surface area is 102 Å². The minimum atomic E-state index is 0.0177. The van der Waals surface area contributed by atoms with Crippen LogP contribution in [-0.2, 0) is 4.74 Å². The molecule has 0 aromatic carbocycles. The Morgan fingerprint density at radius 1 is 1.69 bits per heavy atom. The molecule has 1 aliphatic heterocycles. The highest BCUT2D eigenvalue weighted by atomic mass is 32.2. The maximum atomic E-state index is 11.9. The van der Waals surface area contributed by atoms with Crippen molar-refractivity contribution in [3.8, 4) is 0 Å². The smallest absolute Gasteiger partial charge is 0.317 e. The van der Waals surface area contributed by atoms with Crippen molar-refractivity contribution >= 4 is 17.8 Å². The van der Waals surface area contributed by atoms with Crippen LogP contribution in [0.1, 0.15) is 19.8 Å². The number of hydrogen-bond donors (Lipinski definition) is 1. The van der Waals surface area contributed by atoms with Gasteiger partial charge in [0.05, 0.1) is 12.6 Å². The molecule has 0 spiro atoms. The number of hydrogen-bond acceptors (Lipinski definition) is 3. The fourth-order valence-corrected chi connectivity index (χ4v) is 2.18. The van der Waals surface area contributed by atoms with Crippen LogP contribution in [0, 0.1) is 0 Å². The van der Waals surface area contributed by atoms with Crippen molar-refractivity contribution in [2.45, 2.75) is 31.8 Å². The van der Waals surface area contributed by atoms with E-state index in [1.165, 1.54) is 0 Å². The molecule has 1 aliphatic rings. The zero-order valence-corrected chi connectivity index (χ0v) is 11.2. The molecule has 1 rings (SSSR count). The number of nitrogens with zero attached hydrogens (tertiary/aromatic N) is 1. The predicted molar refractivity (Wildman–Crippen MR) is 68.0 cm³/mol. The molecule has 0 bridgehead atoms. The molecule has 16 heavy (non-hydrogen) atoms. The van der Waals surface area contributed by atoms with Crippen molar-refractivity contribution in [1.82, 2.24) is 10.2 Å². The molecule has 5 heteroatoms. The van der Waals surface area contributed by atoms with Crippen LogP contribution in [0.25, 0.3) is 0 Å². The third kappa shape index (κ3) is 4.22. The van der Waals surface area contributed by atoms with E-state index in [0.717, 1.165) is 25.2 Å². The number of carbonyl (C=O) groups is 1. The number of urea groups is 1. The van der Waals surface area contributed by atoms with Gasteiger partial charge in [-0.2, -0.15) is 11.8 Å². The lowest BCUT2D eigenvalue weighted by atomic mass is 10.2. The van der Waals surface area contributed by atoms with Crippen molar-refractivity contribution in [2.75, 3.05) is 32.3 Å². The van der Waals surface area contributed by atoms with Gasteiger partial charge in [0.25, 0.3) is 0 Å². The molecule has 94 valence electrons. The number of nitrogens with one attached hydrogen (secondary N) is 1. The zero-order valence-electron chi connectivity index (χ0n) is 10.4. The van der Waals surface area contributed by atoms with E-state index in [-0.39, 0.29) is 18.1 Å². The average Bonchev–Trinajstić information content (AvgIpc) is 2.77. The van der Waals surface area contributed by atoms with Gasteiger partial charge in [-0.05, 0) is 31.8 Å². The summed E-state index contributed by atoms with van der Waals surface area (Å²) in [6, 6.07) is 0.501. The first-order valence-corrected chi connectivity index (χ1v) is 7.14. The molecule has 0 radical (unpaired) electrons. The molecule has 2 unspecified atom stereocenters. The second-order valence-electron chi connectivity index (χ2n) is 4.25. The third-order valence-corrected chi connectivity index (χ3v) is 3.62. The van der Waals surface area contributed by atoms with Gasteiger partial charge in [0.1, 0.15) is 0 Å². The highest BCUT2D eigenvalue weighted by Gasteiger charge is 2.21. The van der Waals surface area contributed by atoms with Gasteiger partial charge in [-0.25, -0.2) is 4.79 Å². The van der Waals surface area contributed by atoms with Gasteiger partial charge in [0.15, 0.2) is 0 Å². The van der Waals surface area contributed by atoms with Crippen LogP contribution in [0.5, 0.6) is 0 Å². The first kappa shape index (κ1) is 13.6. The lowest BCUT2D eigenvalue weighted by Crippen LogP contribution is -2.46. The highest BCUT2D eigenvalue weighted by Crippen LogP contribution is 2.08. The number of thioether (sulfide) groups is 1. The summed E-state index contributed by atoms with van der Waals surface area (Å²) < 4.78 is 5.23. The maximum Gasteiger partial charge on any atom is 0.317 e. The van der Waals surface area contributed by atoms with Gasteiger partial charge in [-0.15, -0.1) is 0 Å². The molecule has 1 saturated heterocycles. The Morgan fingerprint density at radius 2 is 2.44 bits per heavy atom. The van der Waals surface area contributed by atoms with Gasteiger partial charge >= 0.3 is 6.03 Å². The molecule has 4 nitrogen and oxygen atoms in total. The normalized spacial score (nSPS) is 21.8. The molecule has 1 N–H and O–H groups in total. The molecular formula is C11H22N2O2S. The van der Waals surface area contributed by atoms with Crippen molar-refractivity contribution in [3.05, 3.63) is 0 Å². The van der Waals surface area contributed by atoms with Gasteiger partial charge < -0.3 is 15.0 Å². The van der Waals surface area contributed by atoms with E-state index in [4.69, 9.17) is 4.74 Å². The SMILES string of the molecule is CSCCC(C)N(C)C(=O)NC1CCOC1. The van der Waals surface area contributed by atoms with E-state index in [1.807, 2.05) is 18.8 Å². The summed E-state index contributed by atoms with van der Waals surface area (Å²) in [7, 11) is 1.86. The van der Waals surface area contributed by atoms with Crippen LogP contribution >= 0.6 is 11.8 Å². The first-order valence-electron chi connectivity index (χ1n) is 5.75. The third-order valence-electron chi connectivity index (χ3n) is 2.98. The minimum Gasteiger partial charge on any atom is -0.379 e. The summed E-state index contributed by atoms with van der Waals surface area (Å²) in [5.74, 6) is 1.09. The zero-order chi connectivity index (χ0) is 12.0. The second kappa shape index (κ2) is 7.01. The summed E-state index contributed by atoms with van der Waals surface area (Å²) in [6.07, 6.45) is 4.05. The molecular weight excluding hydrogens is 224 g/mol. The maximum absolute atomic E-state index is 11.9. The topological polar surface area (TPSA) is 41.6 Å². The molecule has 0 aliphatic carbocycles. The Hall–Kier alpha value is -0.420. The summed E-state index contributed by atoms with van der Waals surface area (Å²) in [4.78, 5) is 13.6. The van der Waals surface area contributed by atoms with Crippen molar-refractivity contribution < 1.29 is 9.53 Å². The standard InChI is InChI=1S/C11H22N2O2S/c1-9(5-7-16-3)13(2)11(14)12-10-4-6-15-8-10/h9-10H,4-8H2,1-3H3,(H,12,14). The summed E-state index contributed by atoms with van der Waals surface area (Å²) in [5.41, 5.74) is 0. The van der Waals surface area contributed by atoms with Crippen LogP contribution in [-0.4, -0.2) is 55.3 Å². The lowest BCUT2D eigenvalue weighted by Gasteiger charge is -2.26. The number of ether oxygens (including phenoxy) is 1. The lowest BCUT2D eigenvalue weighted by molar-refractivity contribution is 0.175. The Bertz CT molecular complexity index is 220. The van der Waals surface area contributed by atoms with E-state index < -0.39 is 0 Å². The predicted octanol–water partition coefficient (Wildman–Crippen LogP) is 1.56. The van der Waals surface area contributed by atoms with Crippen LogP contribution in [0.2, 0.25) is 0 Å². The van der Waals surface area contributed by atoms with E-state index >= 15 is 0 Å². The summed E-state index contributed by atoms with van der Waals surface area (Å²) in [6.45, 7) is 3.50. The Balaban J connectivity index is 2.28. The number of rotatable bonds is 5. The number of carbonyl (C=O) groups excluding carboxylic acids is 1. The minimum absolute atomic E-state index is 0.0177. The van der Waals surface area contributed by atoms with E-state index in [2.05, 4.69) is 18.5 Å². The quantitative estimate of drug-likeness (QED) is 0.800. The van der Waals surface area contributed by atoms with Gasteiger partial charge in [-0.3, -0.25) is 0 Å². The van der Waals surface area contributed by atoms with E-state index in [0.29, 0.717) is 6.61 Å². The van der Waals surface area contributed by atoms with Crippen LogP contribution in [0.15, 0.2) is 0 Å². The van der Waals surface area contributed by atoms with Gasteiger partial charge in [0.2, 0.25) is 0 Å². The Kier molecular flexibility index (Phi) is 5.98. The second-order valence-corrected chi connectivity index (χ2v) is 5.24. The van der Waals surface area contributed by atoms with Crippen molar-refractivity contribution in [2.24, 2.45) is 0 Å². The monoisotopic (exact) mass is 246 g/mol. The molecule has 2 amide bonds. The van der Waals surface area contributed by atoms with Crippen LogP contribution in [0.4, 0.5) is 4.79 Å². The number of amides is 2. The molecule has 0 aromatic heterocycles. The molecule has 1 fully saturated rings. The highest BCUT2D eigenvalue weighted by molar-refractivity contribution is 7.98. The Morgan fingerprint density at radius 3 is 3.00 bits per heavy atom. The average molecular weight is 246 g/mol. The molecule has 0 aromatic rings. The van der Waals surface area contributed by atoms with Gasteiger partial charge in [0, 0.05) is 19.7 Å². The van der Waals surface area contributed by atoms with Crippen molar-refractivity contribution in [3.63, 3.8) is 0 Å².